The fourth-order valence-corrected chi connectivity index (χ4v) is 4.07. The summed E-state index contributed by atoms with van der Waals surface area (Å²) in [6.07, 6.45) is 7.11. The van der Waals surface area contributed by atoms with Gasteiger partial charge in [0.15, 0.2) is 6.61 Å². The third-order valence-electron chi connectivity index (χ3n) is 5.32. The van der Waals surface area contributed by atoms with Crippen LogP contribution < -0.4 is 10.3 Å². The fraction of sp³-hybridized carbons (Fsp3) is 0.304. The van der Waals surface area contributed by atoms with Gasteiger partial charge in [-0.15, -0.1) is 0 Å². The van der Waals surface area contributed by atoms with Crippen molar-refractivity contribution in [3.63, 3.8) is 0 Å². The Morgan fingerprint density at radius 3 is 2.80 bits per heavy atom. The molecule has 4 rings (SSSR count). The van der Waals surface area contributed by atoms with Crippen LogP contribution in [-0.2, 0) is 0 Å². The molecule has 1 saturated carbocycles. The van der Waals surface area contributed by atoms with Crippen molar-refractivity contribution >= 4 is 28.7 Å². The molecule has 0 bridgehead atoms. The first kappa shape index (κ1) is 20.1. The fourth-order valence-electron chi connectivity index (χ4n) is 3.83. The minimum atomic E-state index is -0.169. The molecular weight excluding hydrogens is 400 g/mol. The van der Waals surface area contributed by atoms with E-state index < -0.39 is 0 Å². The van der Waals surface area contributed by atoms with E-state index in [0.717, 1.165) is 37.1 Å². The molecular formula is C23H21ClN4O2. The molecule has 0 aliphatic heterocycles. The van der Waals surface area contributed by atoms with Crippen LogP contribution in [0.3, 0.4) is 0 Å². The van der Waals surface area contributed by atoms with Gasteiger partial charge in [0.05, 0.1) is 22.1 Å². The van der Waals surface area contributed by atoms with Gasteiger partial charge >= 0.3 is 0 Å². The lowest BCUT2D eigenvalue weighted by Crippen LogP contribution is -2.25. The van der Waals surface area contributed by atoms with E-state index >= 15 is 0 Å². The van der Waals surface area contributed by atoms with Crippen LogP contribution in [0.4, 0.5) is 0 Å². The zero-order chi connectivity index (χ0) is 20.9. The Labute approximate surface area is 179 Å². The number of hydrogen-bond acceptors (Lipinski definition) is 5. The maximum atomic E-state index is 13.2. The number of nitriles is 1. The normalized spacial score (nSPS) is 14.8. The molecule has 1 aromatic heterocycles. The molecule has 0 atom stereocenters. The van der Waals surface area contributed by atoms with Gasteiger partial charge in [-0.3, -0.25) is 4.79 Å². The van der Waals surface area contributed by atoms with Gasteiger partial charge in [-0.25, -0.2) is 4.98 Å². The molecule has 0 saturated heterocycles. The second kappa shape index (κ2) is 9.10. The largest absolute Gasteiger partial charge is 0.477 e. The first-order chi connectivity index (χ1) is 14.7. The highest BCUT2D eigenvalue weighted by molar-refractivity contribution is 6.32. The molecule has 2 aromatic carbocycles. The van der Waals surface area contributed by atoms with E-state index in [1.165, 1.54) is 11.1 Å². The number of aromatic nitrogens is 2. The first-order valence-corrected chi connectivity index (χ1v) is 10.4. The van der Waals surface area contributed by atoms with Crippen molar-refractivity contribution in [2.75, 3.05) is 6.61 Å². The number of benzene rings is 2. The Morgan fingerprint density at radius 1 is 1.23 bits per heavy atom. The predicted octanol–water partition coefficient (Wildman–Crippen LogP) is 4.88. The Hall–Kier alpha value is -3.17. The van der Waals surface area contributed by atoms with E-state index in [2.05, 4.69) is 5.10 Å². The van der Waals surface area contributed by atoms with Gasteiger partial charge in [-0.2, -0.15) is 15.0 Å². The molecule has 1 aliphatic carbocycles. The molecule has 3 aromatic rings. The van der Waals surface area contributed by atoms with Gasteiger partial charge in [0, 0.05) is 5.92 Å². The number of para-hydroxylation sites is 1. The van der Waals surface area contributed by atoms with Crippen LogP contribution in [0.1, 0.15) is 49.4 Å². The van der Waals surface area contributed by atoms with Gasteiger partial charge in [0.2, 0.25) is 0 Å². The van der Waals surface area contributed by atoms with Crippen molar-refractivity contribution in [2.45, 2.75) is 38.0 Å². The average Bonchev–Trinajstić information content (AvgIpc) is 2.78. The monoisotopic (exact) mass is 420 g/mol. The summed E-state index contributed by atoms with van der Waals surface area (Å²) < 4.78 is 6.70. The smallest absolute Gasteiger partial charge is 0.282 e. The van der Waals surface area contributed by atoms with E-state index in [1.807, 2.05) is 24.3 Å². The van der Waals surface area contributed by atoms with Crippen molar-refractivity contribution in [2.24, 2.45) is 5.10 Å². The zero-order valence-electron chi connectivity index (χ0n) is 16.4. The molecule has 1 heterocycles. The third kappa shape index (κ3) is 4.22. The van der Waals surface area contributed by atoms with Gasteiger partial charge < -0.3 is 4.74 Å². The number of hydrogen-bond donors (Lipinski definition) is 0. The van der Waals surface area contributed by atoms with Crippen molar-refractivity contribution in [1.29, 1.82) is 5.26 Å². The molecule has 30 heavy (non-hydrogen) atoms. The highest BCUT2D eigenvalue weighted by atomic mass is 35.5. The number of nitrogens with zero attached hydrogens (tertiary/aromatic N) is 4. The number of rotatable bonds is 5. The summed E-state index contributed by atoms with van der Waals surface area (Å²) in [6, 6.07) is 14.4. The quantitative estimate of drug-likeness (QED) is 0.551. The molecule has 0 radical (unpaired) electrons. The second-order valence-corrected chi connectivity index (χ2v) is 7.73. The van der Waals surface area contributed by atoms with E-state index in [1.54, 1.807) is 30.5 Å². The average molecular weight is 421 g/mol. The Kier molecular flexibility index (Phi) is 6.10. The molecule has 0 unspecified atom stereocenters. The summed E-state index contributed by atoms with van der Waals surface area (Å²) in [5.74, 6) is 1.37. The summed E-state index contributed by atoms with van der Waals surface area (Å²) in [5, 5.41) is 14.1. The minimum absolute atomic E-state index is 0.0734. The molecule has 0 spiro atoms. The summed E-state index contributed by atoms with van der Waals surface area (Å²) in [6.45, 7) is -0.0734. The second-order valence-electron chi connectivity index (χ2n) is 7.32. The topological polar surface area (TPSA) is 80.3 Å². The maximum Gasteiger partial charge on any atom is 0.282 e. The predicted molar refractivity (Wildman–Crippen MR) is 117 cm³/mol. The molecule has 7 heteroatoms. The van der Waals surface area contributed by atoms with Crippen LogP contribution >= 0.6 is 11.6 Å². The highest BCUT2D eigenvalue weighted by Crippen LogP contribution is 2.32. The maximum absolute atomic E-state index is 13.2. The molecule has 1 fully saturated rings. The highest BCUT2D eigenvalue weighted by Gasteiger charge is 2.22. The van der Waals surface area contributed by atoms with Gasteiger partial charge in [-0.1, -0.05) is 43.0 Å². The van der Waals surface area contributed by atoms with Crippen molar-refractivity contribution in [3.8, 4) is 11.8 Å². The summed E-state index contributed by atoms with van der Waals surface area (Å²) in [7, 11) is 0. The minimum Gasteiger partial charge on any atom is -0.477 e. The number of halogens is 1. The van der Waals surface area contributed by atoms with E-state index in [4.69, 9.17) is 26.6 Å². The van der Waals surface area contributed by atoms with Crippen LogP contribution in [0.2, 0.25) is 5.02 Å². The Balaban J connectivity index is 1.74. The van der Waals surface area contributed by atoms with Gasteiger partial charge in [0.1, 0.15) is 17.6 Å². The Morgan fingerprint density at radius 2 is 2.03 bits per heavy atom. The molecule has 6 nitrogen and oxygen atoms in total. The third-order valence-corrected chi connectivity index (χ3v) is 5.61. The standard InChI is InChI=1S/C23H21ClN4O2/c24-19-14-16(10-11-21(19)30-13-12-25)15-26-28-22(17-6-2-1-3-7-17)27-20-9-5-4-8-18(20)23(28)29/h4-5,8-11,14-15,17H,1-3,6-7,13H2. The van der Waals surface area contributed by atoms with Crippen molar-refractivity contribution in [3.05, 3.63) is 69.2 Å². The molecule has 152 valence electrons. The van der Waals surface area contributed by atoms with Crippen molar-refractivity contribution in [1.82, 2.24) is 9.66 Å². The summed E-state index contributed by atoms with van der Waals surface area (Å²) >= 11 is 6.23. The molecule has 0 amide bonds. The summed E-state index contributed by atoms with van der Waals surface area (Å²) in [5.41, 5.74) is 1.26. The van der Waals surface area contributed by atoms with E-state index in [9.17, 15) is 4.79 Å². The molecule has 1 aliphatic rings. The van der Waals surface area contributed by atoms with Crippen LogP contribution in [0.15, 0.2) is 52.4 Å². The van der Waals surface area contributed by atoms with Gasteiger partial charge in [0.25, 0.3) is 5.56 Å². The zero-order valence-corrected chi connectivity index (χ0v) is 17.2. The SMILES string of the molecule is N#CCOc1ccc(C=Nn2c(C3CCCCC3)nc3ccccc3c2=O)cc1Cl. The first-order valence-electron chi connectivity index (χ1n) is 10.0. The van der Waals surface area contributed by atoms with Crippen LogP contribution in [-0.4, -0.2) is 22.5 Å². The Bertz CT molecular complexity index is 1190. The van der Waals surface area contributed by atoms with Crippen molar-refractivity contribution < 1.29 is 4.74 Å². The van der Waals surface area contributed by atoms with Crippen LogP contribution in [0.25, 0.3) is 10.9 Å². The number of ether oxygens (including phenoxy) is 1. The van der Waals surface area contributed by atoms with Crippen LogP contribution in [0, 0.1) is 11.3 Å². The van der Waals surface area contributed by atoms with E-state index in [-0.39, 0.29) is 18.1 Å². The van der Waals surface area contributed by atoms with Gasteiger partial charge in [-0.05, 0) is 48.7 Å². The van der Waals surface area contributed by atoms with Crippen LogP contribution in [0.5, 0.6) is 5.75 Å². The lowest BCUT2D eigenvalue weighted by atomic mass is 9.88. The molecule has 0 N–H and O–H groups in total. The summed E-state index contributed by atoms with van der Waals surface area (Å²) in [4.78, 5) is 18.0. The van der Waals surface area contributed by atoms with E-state index in [0.29, 0.717) is 21.7 Å². The lowest BCUT2D eigenvalue weighted by Gasteiger charge is -2.22. The number of fused-ring (bicyclic) bond motifs is 1. The lowest BCUT2D eigenvalue weighted by molar-refractivity contribution is 0.368.